The van der Waals surface area contributed by atoms with Gasteiger partial charge in [-0.1, -0.05) is 56.6 Å². The van der Waals surface area contributed by atoms with Gasteiger partial charge >= 0.3 is 0 Å². The van der Waals surface area contributed by atoms with Crippen LogP contribution in [0.4, 0.5) is 0 Å². The number of piperazine rings is 1. The highest BCUT2D eigenvalue weighted by Crippen LogP contribution is 2.25. The standard InChI is InChI=1S/C23H29ClN2O2/c1-23(2,3)19-5-4-6-21(15-19)28-17-22(27)26-13-11-25(12-14-26)16-18-7-9-20(24)10-8-18/h4-10,15H,11-14,16-17H2,1-3H3. The van der Waals surface area contributed by atoms with Gasteiger partial charge in [-0.3, -0.25) is 9.69 Å². The molecule has 1 amide bonds. The summed E-state index contributed by atoms with van der Waals surface area (Å²) < 4.78 is 5.77. The van der Waals surface area contributed by atoms with Crippen molar-refractivity contribution in [2.24, 2.45) is 0 Å². The predicted octanol–water partition coefficient (Wildman–Crippen LogP) is 4.36. The average Bonchev–Trinajstić information content (AvgIpc) is 2.68. The fourth-order valence-electron chi connectivity index (χ4n) is 3.29. The van der Waals surface area contributed by atoms with Crippen LogP contribution in [0.2, 0.25) is 5.02 Å². The van der Waals surface area contributed by atoms with Crippen LogP contribution in [0.15, 0.2) is 48.5 Å². The van der Waals surface area contributed by atoms with Crippen LogP contribution in [-0.4, -0.2) is 48.5 Å². The van der Waals surface area contributed by atoms with Gasteiger partial charge in [0.25, 0.3) is 5.91 Å². The minimum Gasteiger partial charge on any atom is -0.484 e. The molecule has 4 nitrogen and oxygen atoms in total. The number of carbonyl (C=O) groups excluding carboxylic acids is 1. The lowest BCUT2D eigenvalue weighted by molar-refractivity contribution is -0.135. The second-order valence-electron chi connectivity index (χ2n) is 8.35. The molecular weight excluding hydrogens is 372 g/mol. The van der Waals surface area contributed by atoms with E-state index in [1.807, 2.05) is 35.2 Å². The molecule has 3 rings (SSSR count). The quantitative estimate of drug-likeness (QED) is 0.747. The van der Waals surface area contributed by atoms with E-state index in [0.717, 1.165) is 43.5 Å². The number of ether oxygens (including phenoxy) is 1. The number of halogens is 1. The molecule has 1 heterocycles. The van der Waals surface area contributed by atoms with Gasteiger partial charge in [-0.15, -0.1) is 0 Å². The molecule has 0 aromatic heterocycles. The van der Waals surface area contributed by atoms with Crippen LogP contribution in [0.25, 0.3) is 0 Å². The Morgan fingerprint density at radius 1 is 1.04 bits per heavy atom. The lowest BCUT2D eigenvalue weighted by atomic mass is 9.87. The van der Waals surface area contributed by atoms with Crippen LogP contribution in [0, 0.1) is 0 Å². The Labute approximate surface area is 173 Å². The smallest absolute Gasteiger partial charge is 0.260 e. The number of hydrogen-bond donors (Lipinski definition) is 0. The largest absolute Gasteiger partial charge is 0.484 e. The first-order chi connectivity index (χ1) is 13.3. The van der Waals surface area contributed by atoms with Gasteiger partial charge in [-0.2, -0.15) is 0 Å². The van der Waals surface area contributed by atoms with Crippen molar-refractivity contribution in [3.8, 4) is 5.75 Å². The number of hydrogen-bond acceptors (Lipinski definition) is 3. The van der Waals surface area contributed by atoms with E-state index in [2.05, 4.69) is 43.9 Å². The van der Waals surface area contributed by atoms with Gasteiger partial charge in [0, 0.05) is 37.7 Å². The highest BCUT2D eigenvalue weighted by molar-refractivity contribution is 6.30. The monoisotopic (exact) mass is 400 g/mol. The summed E-state index contributed by atoms with van der Waals surface area (Å²) >= 11 is 5.94. The first kappa shape index (κ1) is 20.7. The molecule has 1 fully saturated rings. The fraction of sp³-hybridized carbons (Fsp3) is 0.435. The van der Waals surface area contributed by atoms with E-state index < -0.39 is 0 Å². The summed E-state index contributed by atoms with van der Waals surface area (Å²) in [5.74, 6) is 0.800. The van der Waals surface area contributed by atoms with Crippen LogP contribution in [0.5, 0.6) is 5.75 Å². The van der Waals surface area contributed by atoms with Crippen LogP contribution >= 0.6 is 11.6 Å². The molecule has 0 unspecified atom stereocenters. The Balaban J connectivity index is 1.46. The van der Waals surface area contributed by atoms with Crippen molar-refractivity contribution in [2.45, 2.75) is 32.7 Å². The Morgan fingerprint density at radius 3 is 2.36 bits per heavy atom. The van der Waals surface area contributed by atoms with Gasteiger partial charge in [0.15, 0.2) is 6.61 Å². The van der Waals surface area contributed by atoms with E-state index in [-0.39, 0.29) is 17.9 Å². The topological polar surface area (TPSA) is 32.8 Å². The minimum atomic E-state index is 0.0484. The van der Waals surface area contributed by atoms with Crippen LogP contribution in [0.3, 0.4) is 0 Å². The first-order valence-corrected chi connectivity index (χ1v) is 10.2. The van der Waals surface area contributed by atoms with Crippen molar-refractivity contribution in [3.05, 3.63) is 64.7 Å². The lowest BCUT2D eigenvalue weighted by Crippen LogP contribution is -2.49. The summed E-state index contributed by atoms with van der Waals surface area (Å²) in [4.78, 5) is 16.8. The zero-order chi connectivity index (χ0) is 20.1. The van der Waals surface area contributed by atoms with Gasteiger partial charge in [0.05, 0.1) is 0 Å². The van der Waals surface area contributed by atoms with Gasteiger partial charge in [0.1, 0.15) is 5.75 Å². The van der Waals surface area contributed by atoms with Crippen molar-refractivity contribution in [2.75, 3.05) is 32.8 Å². The number of benzene rings is 2. The van der Waals surface area contributed by atoms with Crippen LogP contribution < -0.4 is 4.74 Å². The van der Waals surface area contributed by atoms with Crippen molar-refractivity contribution in [1.82, 2.24) is 9.80 Å². The SMILES string of the molecule is CC(C)(C)c1cccc(OCC(=O)N2CCN(Cc3ccc(Cl)cc3)CC2)c1. The van der Waals surface area contributed by atoms with Gasteiger partial charge < -0.3 is 9.64 Å². The number of carbonyl (C=O) groups is 1. The summed E-state index contributed by atoms with van der Waals surface area (Å²) in [5.41, 5.74) is 2.50. The Hall–Kier alpha value is -2.04. The van der Waals surface area contributed by atoms with E-state index in [0.29, 0.717) is 0 Å². The highest BCUT2D eigenvalue weighted by atomic mass is 35.5. The van der Waals surface area contributed by atoms with Gasteiger partial charge in [-0.25, -0.2) is 0 Å². The zero-order valence-corrected chi connectivity index (χ0v) is 17.7. The van der Waals surface area contributed by atoms with Gasteiger partial charge in [-0.05, 0) is 40.8 Å². The van der Waals surface area contributed by atoms with E-state index >= 15 is 0 Å². The molecule has 0 bridgehead atoms. The number of rotatable bonds is 5. The number of nitrogens with zero attached hydrogens (tertiary/aromatic N) is 2. The summed E-state index contributed by atoms with van der Waals surface area (Å²) in [5, 5.41) is 0.757. The third-order valence-electron chi connectivity index (χ3n) is 5.11. The third kappa shape index (κ3) is 5.73. The van der Waals surface area contributed by atoms with Crippen LogP contribution in [-0.2, 0) is 16.8 Å². The fourth-order valence-corrected chi connectivity index (χ4v) is 3.42. The van der Waals surface area contributed by atoms with E-state index in [1.54, 1.807) is 0 Å². The minimum absolute atomic E-state index is 0.0484. The molecular formula is C23H29ClN2O2. The summed E-state index contributed by atoms with van der Waals surface area (Å²) in [7, 11) is 0. The van der Waals surface area contributed by atoms with Crippen LogP contribution in [0.1, 0.15) is 31.9 Å². The molecule has 0 saturated carbocycles. The van der Waals surface area contributed by atoms with Crippen molar-refractivity contribution >= 4 is 17.5 Å². The molecule has 2 aromatic rings. The highest BCUT2D eigenvalue weighted by Gasteiger charge is 2.21. The molecule has 5 heteroatoms. The average molecular weight is 401 g/mol. The molecule has 28 heavy (non-hydrogen) atoms. The van der Waals surface area contributed by atoms with Gasteiger partial charge in [0.2, 0.25) is 0 Å². The Morgan fingerprint density at radius 2 is 1.71 bits per heavy atom. The molecule has 0 spiro atoms. The lowest BCUT2D eigenvalue weighted by Gasteiger charge is -2.34. The molecule has 150 valence electrons. The summed E-state index contributed by atoms with van der Waals surface area (Å²) in [6.45, 7) is 10.7. The maximum Gasteiger partial charge on any atom is 0.260 e. The van der Waals surface area contributed by atoms with E-state index in [4.69, 9.17) is 16.3 Å². The normalized spacial score (nSPS) is 15.5. The maximum absolute atomic E-state index is 12.5. The Kier molecular flexibility index (Phi) is 6.63. The second-order valence-corrected chi connectivity index (χ2v) is 8.79. The third-order valence-corrected chi connectivity index (χ3v) is 5.36. The molecule has 1 aliphatic heterocycles. The molecule has 0 N–H and O–H groups in total. The van der Waals surface area contributed by atoms with Crippen molar-refractivity contribution in [1.29, 1.82) is 0 Å². The molecule has 0 atom stereocenters. The number of amides is 1. The van der Waals surface area contributed by atoms with Crippen molar-refractivity contribution < 1.29 is 9.53 Å². The molecule has 2 aromatic carbocycles. The molecule has 0 radical (unpaired) electrons. The summed E-state index contributed by atoms with van der Waals surface area (Å²) in [6, 6.07) is 16.0. The van der Waals surface area contributed by atoms with E-state index in [1.165, 1.54) is 11.1 Å². The molecule has 0 aliphatic carbocycles. The summed E-state index contributed by atoms with van der Waals surface area (Å²) in [6.07, 6.45) is 0. The molecule has 1 aliphatic rings. The van der Waals surface area contributed by atoms with E-state index in [9.17, 15) is 4.79 Å². The second kappa shape index (κ2) is 8.97. The van der Waals surface area contributed by atoms with Crippen molar-refractivity contribution in [3.63, 3.8) is 0 Å². The predicted molar refractivity (Wildman–Crippen MR) is 114 cm³/mol. The zero-order valence-electron chi connectivity index (χ0n) is 17.0. The first-order valence-electron chi connectivity index (χ1n) is 9.79. The maximum atomic E-state index is 12.5. The Bertz CT molecular complexity index is 791. The molecule has 1 saturated heterocycles.